The molecule has 7 rings (SSSR count). The van der Waals surface area contributed by atoms with Crippen molar-refractivity contribution in [2.45, 2.75) is 82.1 Å². The normalized spacial score (nSPS) is 24.8. The number of likely N-dealkylation sites (N-methyl/N-ethyl adjacent to an activating group) is 1. The van der Waals surface area contributed by atoms with Crippen molar-refractivity contribution in [3.63, 3.8) is 0 Å². The fraction of sp³-hybridized carbons (Fsp3) is 0.579. The molecule has 0 bridgehead atoms. The highest BCUT2D eigenvalue weighted by Gasteiger charge is 2.35. The fourth-order valence-electron chi connectivity index (χ4n) is 7.69. The first kappa shape index (κ1) is 33.8. The van der Waals surface area contributed by atoms with Crippen molar-refractivity contribution in [3.8, 4) is 17.0 Å². The van der Waals surface area contributed by atoms with Crippen LogP contribution < -0.4 is 9.64 Å². The summed E-state index contributed by atoms with van der Waals surface area (Å²) in [5.74, 6) is 3.32. The van der Waals surface area contributed by atoms with Crippen molar-refractivity contribution in [1.29, 1.82) is 0 Å². The lowest BCUT2D eigenvalue weighted by molar-refractivity contribution is -0.124. The Bertz CT molecular complexity index is 1600. The third kappa shape index (κ3) is 8.07. The van der Waals surface area contributed by atoms with Crippen LogP contribution in [0.1, 0.15) is 87.5 Å². The van der Waals surface area contributed by atoms with E-state index >= 15 is 0 Å². The number of nitrogens with zero attached hydrogens (tertiary/aromatic N) is 5. The number of hydrogen-bond acceptors (Lipinski definition) is 8. The summed E-state index contributed by atoms with van der Waals surface area (Å²) >= 11 is 6.46. The van der Waals surface area contributed by atoms with Crippen molar-refractivity contribution >= 4 is 29.4 Å². The molecule has 3 saturated carbocycles. The highest BCUT2D eigenvalue weighted by Crippen LogP contribution is 2.41. The molecule has 0 spiro atoms. The molecule has 0 atom stereocenters. The number of methoxy groups -OCH3 is 1. The first-order chi connectivity index (χ1) is 23.8. The maximum absolute atomic E-state index is 14.4. The molecule has 4 fully saturated rings. The minimum absolute atomic E-state index is 0.108. The van der Waals surface area contributed by atoms with Crippen LogP contribution >= 0.6 is 11.6 Å². The molecule has 0 N–H and O–H groups in total. The molecule has 3 aliphatic carbocycles. The number of carbonyl (C=O) groups excluding carboxylic acids is 2. The SMILES string of the molecule is COc1ccc([C@H]2CC[C@H](CN(c3cc(-c4coc(C5CC5)n4)ccn3)C(=O)[C@H]3CC[C@H](OC(=O)N4CCN(C)CC4)CC3)CC2)cc1Cl. The van der Waals surface area contributed by atoms with E-state index in [0.29, 0.717) is 79.7 Å². The van der Waals surface area contributed by atoms with Gasteiger partial charge in [-0.1, -0.05) is 17.7 Å². The largest absolute Gasteiger partial charge is 0.495 e. The van der Waals surface area contributed by atoms with Gasteiger partial charge in [0.1, 0.15) is 29.6 Å². The number of piperazine rings is 1. The third-order valence-electron chi connectivity index (χ3n) is 11.0. The first-order valence-electron chi connectivity index (χ1n) is 18.1. The third-order valence-corrected chi connectivity index (χ3v) is 11.3. The molecule has 0 radical (unpaired) electrons. The van der Waals surface area contributed by atoms with Gasteiger partial charge in [-0.25, -0.2) is 14.8 Å². The van der Waals surface area contributed by atoms with Gasteiger partial charge in [-0.05, 0) is 113 Å². The summed E-state index contributed by atoms with van der Waals surface area (Å²) in [5, 5.41) is 0.644. The summed E-state index contributed by atoms with van der Waals surface area (Å²) < 4.78 is 17.1. The number of ether oxygens (including phenoxy) is 2. The van der Waals surface area contributed by atoms with Crippen molar-refractivity contribution < 1.29 is 23.5 Å². The van der Waals surface area contributed by atoms with Gasteiger partial charge in [-0.2, -0.15) is 0 Å². The molecule has 49 heavy (non-hydrogen) atoms. The van der Waals surface area contributed by atoms with Crippen molar-refractivity contribution in [2.24, 2.45) is 11.8 Å². The second-order valence-electron chi connectivity index (χ2n) is 14.5. The molecule has 4 aliphatic rings. The predicted molar refractivity (Wildman–Crippen MR) is 188 cm³/mol. The molecule has 3 heterocycles. The molecule has 2 aromatic heterocycles. The van der Waals surface area contributed by atoms with Crippen molar-refractivity contribution in [3.05, 3.63) is 59.3 Å². The summed E-state index contributed by atoms with van der Waals surface area (Å²) in [7, 11) is 3.70. The van der Waals surface area contributed by atoms with Crippen LogP contribution in [0.15, 0.2) is 47.2 Å². The van der Waals surface area contributed by atoms with Gasteiger partial charge in [-0.15, -0.1) is 0 Å². The van der Waals surface area contributed by atoms with Gasteiger partial charge in [0.25, 0.3) is 0 Å². The van der Waals surface area contributed by atoms with E-state index < -0.39 is 0 Å². The van der Waals surface area contributed by atoms with Gasteiger partial charge in [0.05, 0.1) is 12.1 Å². The van der Waals surface area contributed by atoms with Crippen LogP contribution in [0, 0.1) is 11.8 Å². The molecule has 262 valence electrons. The number of hydrogen-bond donors (Lipinski definition) is 0. The minimum atomic E-state index is -0.226. The monoisotopic (exact) mass is 689 g/mol. The lowest BCUT2D eigenvalue weighted by Crippen LogP contribution is -2.48. The standard InChI is InChI=1S/C38H48ClN5O5/c1-42-17-19-43(20-18-42)38(46)49-31-12-9-28(10-13-31)37(45)44(35-22-30(15-16-40-35)33-24-48-36(41-33)27-7-8-27)23-25-3-5-26(6-4-25)29-11-14-34(47-2)32(39)21-29/h11,14-16,21-22,24-28,31H,3-10,12-13,17-20,23H2,1-2H3/t25-,26-,28-,31-. The van der Waals surface area contributed by atoms with Gasteiger partial charge >= 0.3 is 6.09 Å². The second-order valence-corrected chi connectivity index (χ2v) is 14.9. The second kappa shape index (κ2) is 15.1. The van der Waals surface area contributed by atoms with E-state index in [4.69, 9.17) is 35.5 Å². The number of halogens is 1. The number of amides is 2. The molecule has 10 nitrogen and oxygen atoms in total. The van der Waals surface area contributed by atoms with E-state index in [1.54, 1.807) is 24.5 Å². The smallest absolute Gasteiger partial charge is 0.410 e. The quantitative estimate of drug-likeness (QED) is 0.227. The van der Waals surface area contributed by atoms with Crippen molar-refractivity contribution in [1.82, 2.24) is 19.8 Å². The van der Waals surface area contributed by atoms with Crippen molar-refractivity contribution in [2.75, 3.05) is 51.8 Å². The zero-order chi connectivity index (χ0) is 33.9. The lowest BCUT2D eigenvalue weighted by atomic mass is 9.78. The maximum atomic E-state index is 14.4. The number of aromatic nitrogens is 2. The van der Waals surface area contributed by atoms with Gasteiger partial charge in [0, 0.05) is 56.3 Å². The Balaban J connectivity index is 1.03. The maximum Gasteiger partial charge on any atom is 0.410 e. The van der Waals surface area contributed by atoms with E-state index in [1.807, 2.05) is 29.2 Å². The highest BCUT2D eigenvalue weighted by molar-refractivity contribution is 6.32. The first-order valence-corrected chi connectivity index (χ1v) is 18.4. The van der Waals surface area contributed by atoms with E-state index in [2.05, 4.69) is 18.0 Å². The Morgan fingerprint density at radius 2 is 1.67 bits per heavy atom. The van der Waals surface area contributed by atoms with Gasteiger partial charge in [0.15, 0.2) is 5.89 Å². The van der Waals surface area contributed by atoms with Crippen LogP contribution in [-0.2, 0) is 9.53 Å². The summed E-state index contributed by atoms with van der Waals surface area (Å²) in [6.45, 7) is 3.72. The summed E-state index contributed by atoms with van der Waals surface area (Å²) in [5.41, 5.74) is 2.92. The minimum Gasteiger partial charge on any atom is -0.495 e. The number of carbonyl (C=O) groups is 2. The molecule has 2 amide bonds. The van der Waals surface area contributed by atoms with Crippen LogP contribution in [0.2, 0.25) is 5.02 Å². The Morgan fingerprint density at radius 3 is 2.37 bits per heavy atom. The van der Waals surface area contributed by atoms with Crippen LogP contribution in [0.3, 0.4) is 0 Å². The number of oxazole rings is 1. The van der Waals surface area contributed by atoms with E-state index in [0.717, 1.165) is 68.8 Å². The molecular weight excluding hydrogens is 642 g/mol. The van der Waals surface area contributed by atoms with Gasteiger partial charge in [0.2, 0.25) is 5.91 Å². The zero-order valence-corrected chi connectivity index (χ0v) is 29.4. The summed E-state index contributed by atoms with van der Waals surface area (Å²) in [4.78, 5) is 42.7. The van der Waals surface area contributed by atoms with E-state index in [9.17, 15) is 9.59 Å². The number of rotatable bonds is 9. The Morgan fingerprint density at radius 1 is 0.939 bits per heavy atom. The van der Waals surface area contributed by atoms with E-state index in [-0.39, 0.29) is 24.0 Å². The molecule has 1 saturated heterocycles. The molecular formula is C38H48ClN5O5. The Labute approximate surface area is 294 Å². The average Bonchev–Trinajstić information content (AvgIpc) is 3.86. The van der Waals surface area contributed by atoms with Gasteiger partial charge in [-0.3, -0.25) is 9.69 Å². The van der Waals surface area contributed by atoms with E-state index in [1.165, 1.54) is 5.56 Å². The topological polar surface area (TPSA) is 101 Å². The summed E-state index contributed by atoms with van der Waals surface area (Å²) in [6, 6.07) is 10.0. The Kier molecular flexibility index (Phi) is 10.4. The molecule has 0 unspecified atom stereocenters. The lowest BCUT2D eigenvalue weighted by Gasteiger charge is -2.36. The van der Waals surface area contributed by atoms with Crippen LogP contribution in [0.5, 0.6) is 5.75 Å². The molecule has 1 aliphatic heterocycles. The number of anilines is 1. The van der Waals surface area contributed by atoms with Gasteiger partial charge < -0.3 is 23.7 Å². The molecule has 11 heteroatoms. The predicted octanol–water partition coefficient (Wildman–Crippen LogP) is 7.53. The summed E-state index contributed by atoms with van der Waals surface area (Å²) in [6.07, 6.45) is 12.2. The zero-order valence-electron chi connectivity index (χ0n) is 28.7. The number of pyridine rings is 1. The molecule has 3 aromatic rings. The van der Waals surface area contributed by atoms with Crippen LogP contribution in [0.25, 0.3) is 11.3 Å². The highest BCUT2D eigenvalue weighted by atomic mass is 35.5. The Hall–Kier alpha value is -3.63. The van der Waals surface area contributed by atoms with Crippen LogP contribution in [-0.4, -0.2) is 84.8 Å². The number of benzene rings is 1. The average molecular weight is 690 g/mol. The fourth-order valence-corrected chi connectivity index (χ4v) is 7.95. The molecule has 1 aromatic carbocycles. The van der Waals surface area contributed by atoms with Crippen LogP contribution in [0.4, 0.5) is 10.6 Å².